The zero-order chi connectivity index (χ0) is 13.0. The van der Waals surface area contributed by atoms with E-state index in [1.54, 1.807) is 7.11 Å². The number of hydrogen-bond acceptors (Lipinski definition) is 3. The highest BCUT2D eigenvalue weighted by Gasteiger charge is 2.37. The van der Waals surface area contributed by atoms with E-state index in [0.717, 1.165) is 39.1 Å². The van der Waals surface area contributed by atoms with Gasteiger partial charge < -0.3 is 14.4 Å². The first-order valence-electron chi connectivity index (χ1n) is 7.35. The van der Waals surface area contributed by atoms with Crippen LogP contribution in [0.2, 0.25) is 0 Å². The third-order valence-electron chi connectivity index (χ3n) is 4.69. The van der Waals surface area contributed by atoms with E-state index in [2.05, 4.69) is 11.8 Å². The van der Waals surface area contributed by atoms with Crippen LogP contribution in [0, 0.1) is 17.3 Å². The van der Waals surface area contributed by atoms with Gasteiger partial charge in [0.2, 0.25) is 0 Å². The Kier molecular flexibility index (Phi) is 4.79. The summed E-state index contributed by atoms with van der Waals surface area (Å²) in [5.74, 6) is 1.38. The van der Waals surface area contributed by atoms with Crippen molar-refractivity contribution in [3.8, 4) is 0 Å². The lowest BCUT2D eigenvalue weighted by atomic mass is 9.71. The molecule has 2 rings (SSSR count). The van der Waals surface area contributed by atoms with E-state index in [9.17, 15) is 4.79 Å². The molecule has 0 radical (unpaired) electrons. The lowest BCUT2D eigenvalue weighted by Gasteiger charge is -2.38. The van der Waals surface area contributed by atoms with Gasteiger partial charge in [-0.1, -0.05) is 19.8 Å². The number of nitrogens with zero attached hydrogens (tertiary/aromatic N) is 1. The van der Waals surface area contributed by atoms with Crippen molar-refractivity contribution >= 4 is 6.29 Å². The van der Waals surface area contributed by atoms with E-state index in [1.807, 2.05) is 0 Å². The predicted octanol–water partition coefficient (Wildman–Crippen LogP) is 2.35. The Morgan fingerprint density at radius 2 is 2.28 bits per heavy atom. The topological polar surface area (TPSA) is 29.5 Å². The minimum absolute atomic E-state index is 0.0559. The molecule has 0 bridgehead atoms. The number of rotatable bonds is 5. The van der Waals surface area contributed by atoms with Crippen LogP contribution < -0.4 is 0 Å². The molecule has 1 aliphatic carbocycles. The Morgan fingerprint density at radius 3 is 2.94 bits per heavy atom. The molecule has 0 N–H and O–H groups in total. The Balaban J connectivity index is 1.89. The maximum Gasteiger partial charge on any atom is 0.127 e. The van der Waals surface area contributed by atoms with Gasteiger partial charge in [-0.05, 0) is 37.6 Å². The van der Waals surface area contributed by atoms with Gasteiger partial charge in [-0.25, -0.2) is 0 Å². The van der Waals surface area contributed by atoms with E-state index >= 15 is 0 Å². The molecular weight excluding hydrogens is 226 g/mol. The summed E-state index contributed by atoms with van der Waals surface area (Å²) < 4.78 is 5.24. The minimum Gasteiger partial charge on any atom is -0.384 e. The summed E-state index contributed by atoms with van der Waals surface area (Å²) in [7, 11) is 1.78. The highest BCUT2D eigenvalue weighted by Crippen LogP contribution is 2.39. The molecule has 2 aliphatic rings. The Hall–Kier alpha value is -0.410. The van der Waals surface area contributed by atoms with Crippen molar-refractivity contribution in [3.63, 3.8) is 0 Å². The average Bonchev–Trinajstić information content (AvgIpc) is 2.77. The van der Waals surface area contributed by atoms with E-state index in [-0.39, 0.29) is 5.41 Å². The fourth-order valence-electron chi connectivity index (χ4n) is 3.86. The molecule has 104 valence electrons. The largest absolute Gasteiger partial charge is 0.384 e. The van der Waals surface area contributed by atoms with Gasteiger partial charge in [0.1, 0.15) is 6.29 Å². The number of carbonyl (C=O) groups is 1. The van der Waals surface area contributed by atoms with Crippen LogP contribution in [0.5, 0.6) is 0 Å². The highest BCUT2D eigenvalue weighted by atomic mass is 16.5. The fraction of sp³-hybridized carbons (Fsp3) is 0.933. The summed E-state index contributed by atoms with van der Waals surface area (Å²) >= 11 is 0. The Morgan fingerprint density at radius 1 is 1.44 bits per heavy atom. The first-order chi connectivity index (χ1) is 8.67. The number of likely N-dealkylation sites (tertiary alicyclic amines) is 1. The minimum atomic E-state index is -0.0559. The van der Waals surface area contributed by atoms with Gasteiger partial charge in [0.15, 0.2) is 0 Å². The summed E-state index contributed by atoms with van der Waals surface area (Å²) in [6, 6.07) is 0. The molecular formula is C15H27NO2. The van der Waals surface area contributed by atoms with E-state index < -0.39 is 0 Å². The second-order valence-corrected chi connectivity index (χ2v) is 6.53. The average molecular weight is 253 g/mol. The van der Waals surface area contributed by atoms with Crippen LogP contribution >= 0.6 is 0 Å². The first kappa shape index (κ1) is 14.0. The lowest BCUT2D eigenvalue weighted by Crippen LogP contribution is -2.41. The van der Waals surface area contributed by atoms with Crippen LogP contribution in [-0.2, 0) is 9.53 Å². The van der Waals surface area contributed by atoms with Crippen molar-refractivity contribution in [1.29, 1.82) is 0 Å². The summed E-state index contributed by atoms with van der Waals surface area (Å²) in [6.45, 7) is 6.37. The standard InChI is InChI=1S/C15H27NO2/c1-13-4-3-6-15(8-13,12-17)11-16-7-5-14(9-16)10-18-2/h12-14H,3-11H2,1-2H3. The molecule has 0 spiro atoms. The summed E-state index contributed by atoms with van der Waals surface area (Å²) in [6.07, 6.45) is 7.16. The number of hydrogen-bond donors (Lipinski definition) is 0. The van der Waals surface area contributed by atoms with Gasteiger partial charge in [-0.2, -0.15) is 0 Å². The van der Waals surface area contributed by atoms with Gasteiger partial charge in [-0.3, -0.25) is 0 Å². The van der Waals surface area contributed by atoms with Crippen LogP contribution in [-0.4, -0.2) is 44.5 Å². The second kappa shape index (κ2) is 6.16. The summed E-state index contributed by atoms with van der Waals surface area (Å²) in [5.41, 5.74) is -0.0559. The number of methoxy groups -OCH3 is 1. The second-order valence-electron chi connectivity index (χ2n) is 6.53. The molecule has 0 amide bonds. The molecule has 0 aromatic carbocycles. The van der Waals surface area contributed by atoms with E-state index in [1.165, 1.54) is 25.5 Å². The molecule has 18 heavy (non-hydrogen) atoms. The van der Waals surface area contributed by atoms with Gasteiger partial charge >= 0.3 is 0 Å². The number of carbonyl (C=O) groups excluding carboxylic acids is 1. The zero-order valence-electron chi connectivity index (χ0n) is 11.9. The molecule has 3 atom stereocenters. The molecule has 3 heteroatoms. The van der Waals surface area contributed by atoms with Gasteiger partial charge in [0.05, 0.1) is 6.61 Å². The molecule has 1 heterocycles. The third-order valence-corrected chi connectivity index (χ3v) is 4.69. The van der Waals surface area contributed by atoms with Crippen molar-refractivity contribution in [3.05, 3.63) is 0 Å². The normalized spacial score (nSPS) is 37.9. The first-order valence-corrected chi connectivity index (χ1v) is 7.35. The molecule has 1 saturated carbocycles. The van der Waals surface area contributed by atoms with Crippen LogP contribution in [0.1, 0.15) is 39.0 Å². The van der Waals surface area contributed by atoms with Crippen molar-refractivity contribution in [2.45, 2.75) is 39.0 Å². The molecule has 1 aliphatic heterocycles. The van der Waals surface area contributed by atoms with Crippen molar-refractivity contribution in [2.24, 2.45) is 17.3 Å². The van der Waals surface area contributed by atoms with Crippen LogP contribution in [0.3, 0.4) is 0 Å². The highest BCUT2D eigenvalue weighted by molar-refractivity contribution is 5.60. The van der Waals surface area contributed by atoms with Crippen molar-refractivity contribution in [2.75, 3.05) is 33.4 Å². The van der Waals surface area contributed by atoms with Crippen LogP contribution in [0.15, 0.2) is 0 Å². The Bertz CT molecular complexity index is 282. The van der Waals surface area contributed by atoms with Gasteiger partial charge in [0, 0.05) is 25.6 Å². The maximum absolute atomic E-state index is 11.6. The fourth-order valence-corrected chi connectivity index (χ4v) is 3.86. The zero-order valence-corrected chi connectivity index (χ0v) is 11.9. The molecule has 3 nitrogen and oxygen atoms in total. The SMILES string of the molecule is COCC1CCN(CC2(C=O)CCCC(C)C2)C1. The van der Waals surface area contributed by atoms with Crippen LogP contribution in [0.25, 0.3) is 0 Å². The summed E-state index contributed by atoms with van der Waals surface area (Å²) in [5, 5.41) is 0. The molecule has 0 aromatic rings. The van der Waals surface area contributed by atoms with Crippen LogP contribution in [0.4, 0.5) is 0 Å². The molecule has 0 aromatic heterocycles. The molecule has 1 saturated heterocycles. The monoisotopic (exact) mass is 253 g/mol. The Labute approximate surface area is 111 Å². The summed E-state index contributed by atoms with van der Waals surface area (Å²) in [4.78, 5) is 14.1. The van der Waals surface area contributed by atoms with E-state index in [4.69, 9.17) is 4.74 Å². The quantitative estimate of drug-likeness (QED) is 0.704. The maximum atomic E-state index is 11.6. The van der Waals surface area contributed by atoms with Gasteiger partial charge in [-0.15, -0.1) is 0 Å². The van der Waals surface area contributed by atoms with Gasteiger partial charge in [0.25, 0.3) is 0 Å². The molecule has 2 fully saturated rings. The molecule has 3 unspecified atom stereocenters. The van der Waals surface area contributed by atoms with Crippen molar-refractivity contribution < 1.29 is 9.53 Å². The lowest BCUT2D eigenvalue weighted by molar-refractivity contribution is -0.119. The van der Waals surface area contributed by atoms with Crippen molar-refractivity contribution in [1.82, 2.24) is 4.90 Å². The number of ether oxygens (including phenoxy) is 1. The predicted molar refractivity (Wildman–Crippen MR) is 72.6 cm³/mol. The van der Waals surface area contributed by atoms with E-state index in [0.29, 0.717) is 11.8 Å². The number of aldehydes is 1. The third kappa shape index (κ3) is 3.33. The smallest absolute Gasteiger partial charge is 0.127 e.